The molecule has 0 saturated carbocycles. The van der Waals surface area contributed by atoms with E-state index in [0.29, 0.717) is 6.04 Å². The van der Waals surface area contributed by atoms with E-state index in [-0.39, 0.29) is 5.82 Å². The fraction of sp³-hybridized carbons (Fsp3) is 0.611. The summed E-state index contributed by atoms with van der Waals surface area (Å²) in [6, 6.07) is 7.20. The summed E-state index contributed by atoms with van der Waals surface area (Å²) in [5, 5.41) is 6.62. The molecule has 1 saturated heterocycles. The van der Waals surface area contributed by atoms with Crippen LogP contribution in [0, 0.1) is 5.82 Å². The van der Waals surface area contributed by atoms with E-state index in [4.69, 9.17) is 4.99 Å². The van der Waals surface area contributed by atoms with Gasteiger partial charge in [0.25, 0.3) is 0 Å². The molecule has 1 heterocycles. The number of hydrogen-bond acceptors (Lipinski definition) is 3. The third kappa shape index (κ3) is 6.09. The molecule has 1 aromatic carbocycles. The molecule has 1 aliphatic heterocycles. The molecule has 0 aromatic heterocycles. The molecule has 5 nitrogen and oxygen atoms in total. The number of halogens is 1. The zero-order valence-corrected chi connectivity index (χ0v) is 15.1. The van der Waals surface area contributed by atoms with Crippen molar-refractivity contribution in [3.8, 4) is 0 Å². The molecule has 0 radical (unpaired) electrons. The number of likely N-dealkylation sites (N-methyl/N-ethyl adjacent to an activating group) is 2. The summed E-state index contributed by atoms with van der Waals surface area (Å²) in [5.41, 5.74) is 0.993. The van der Waals surface area contributed by atoms with Crippen LogP contribution in [0.3, 0.4) is 0 Å². The first-order chi connectivity index (χ1) is 11.6. The molecule has 1 unspecified atom stereocenters. The minimum Gasteiger partial charge on any atom is -0.357 e. The van der Waals surface area contributed by atoms with E-state index in [9.17, 15) is 4.39 Å². The fourth-order valence-corrected chi connectivity index (χ4v) is 2.85. The van der Waals surface area contributed by atoms with Gasteiger partial charge in [0.1, 0.15) is 5.82 Å². The summed E-state index contributed by atoms with van der Waals surface area (Å²) in [5.74, 6) is 0.646. The molecular formula is C18H30FN5. The predicted octanol–water partition coefficient (Wildman–Crippen LogP) is 1.17. The summed E-state index contributed by atoms with van der Waals surface area (Å²) in [7, 11) is 4.32. The Labute approximate surface area is 144 Å². The quantitative estimate of drug-likeness (QED) is 0.605. The van der Waals surface area contributed by atoms with Crippen molar-refractivity contribution in [2.24, 2.45) is 4.99 Å². The molecule has 6 heteroatoms. The van der Waals surface area contributed by atoms with E-state index < -0.39 is 0 Å². The Balaban J connectivity index is 1.83. The van der Waals surface area contributed by atoms with Crippen LogP contribution in [0.15, 0.2) is 29.3 Å². The SMILES string of the molecule is CCNC(=NCC1CN(C)CCN1C)NCCc1cccc(F)c1. The Kier molecular flexibility index (Phi) is 7.46. The number of nitrogens with one attached hydrogen (secondary N) is 2. The van der Waals surface area contributed by atoms with Crippen molar-refractivity contribution in [2.45, 2.75) is 19.4 Å². The maximum Gasteiger partial charge on any atom is 0.191 e. The van der Waals surface area contributed by atoms with Gasteiger partial charge in [0.05, 0.1) is 6.54 Å². The zero-order valence-electron chi connectivity index (χ0n) is 15.1. The van der Waals surface area contributed by atoms with Crippen LogP contribution in [-0.2, 0) is 6.42 Å². The van der Waals surface area contributed by atoms with Crippen LogP contribution >= 0.6 is 0 Å². The van der Waals surface area contributed by atoms with Crippen molar-refractivity contribution in [2.75, 3.05) is 53.4 Å². The Morgan fingerprint density at radius 3 is 2.88 bits per heavy atom. The first-order valence-electron chi connectivity index (χ1n) is 8.74. The minimum atomic E-state index is -0.183. The average Bonchev–Trinajstić information content (AvgIpc) is 2.55. The Morgan fingerprint density at radius 2 is 2.12 bits per heavy atom. The van der Waals surface area contributed by atoms with E-state index in [1.807, 2.05) is 6.07 Å². The second kappa shape index (κ2) is 9.59. The van der Waals surface area contributed by atoms with Gasteiger partial charge in [-0.1, -0.05) is 12.1 Å². The molecular weight excluding hydrogens is 305 g/mol. The summed E-state index contributed by atoms with van der Waals surface area (Å²) >= 11 is 0. The number of piperazine rings is 1. The Bertz CT molecular complexity index is 534. The molecule has 1 aliphatic rings. The number of nitrogens with zero attached hydrogens (tertiary/aromatic N) is 3. The highest BCUT2D eigenvalue weighted by Crippen LogP contribution is 2.06. The summed E-state index contributed by atoms with van der Waals surface area (Å²) < 4.78 is 13.2. The molecule has 2 rings (SSSR count). The second-order valence-electron chi connectivity index (χ2n) is 6.42. The highest BCUT2D eigenvalue weighted by Gasteiger charge is 2.21. The van der Waals surface area contributed by atoms with Gasteiger partial charge >= 0.3 is 0 Å². The van der Waals surface area contributed by atoms with E-state index in [2.05, 4.69) is 41.5 Å². The van der Waals surface area contributed by atoms with Crippen molar-refractivity contribution < 1.29 is 4.39 Å². The Hall–Kier alpha value is -1.66. The molecule has 2 N–H and O–H groups in total. The maximum atomic E-state index is 13.2. The van der Waals surface area contributed by atoms with Crippen molar-refractivity contribution in [1.82, 2.24) is 20.4 Å². The van der Waals surface area contributed by atoms with Crippen LogP contribution < -0.4 is 10.6 Å². The highest BCUT2D eigenvalue weighted by atomic mass is 19.1. The van der Waals surface area contributed by atoms with Crippen LogP contribution in [0.5, 0.6) is 0 Å². The number of rotatable bonds is 6. The van der Waals surface area contributed by atoms with Gasteiger partial charge in [-0.3, -0.25) is 9.89 Å². The third-order valence-electron chi connectivity index (χ3n) is 4.38. The van der Waals surface area contributed by atoms with Crippen LogP contribution in [-0.4, -0.2) is 75.2 Å². The highest BCUT2D eigenvalue weighted by molar-refractivity contribution is 5.79. The summed E-state index contributed by atoms with van der Waals surface area (Å²) in [6.07, 6.45) is 0.772. The van der Waals surface area contributed by atoms with Gasteiger partial charge in [0.2, 0.25) is 0 Å². The lowest BCUT2D eigenvalue weighted by molar-refractivity contribution is 0.119. The summed E-state index contributed by atoms with van der Waals surface area (Å²) in [6.45, 7) is 7.63. The first-order valence-corrected chi connectivity index (χ1v) is 8.74. The van der Waals surface area contributed by atoms with E-state index in [1.165, 1.54) is 6.07 Å². The van der Waals surface area contributed by atoms with Gasteiger partial charge in [-0.15, -0.1) is 0 Å². The lowest BCUT2D eigenvalue weighted by Crippen LogP contribution is -2.51. The smallest absolute Gasteiger partial charge is 0.191 e. The molecule has 1 atom stereocenters. The van der Waals surface area contributed by atoms with Gasteiger partial charge in [0.15, 0.2) is 5.96 Å². The molecule has 1 fully saturated rings. The summed E-state index contributed by atoms with van der Waals surface area (Å²) in [4.78, 5) is 9.45. The van der Waals surface area contributed by atoms with E-state index >= 15 is 0 Å². The minimum absolute atomic E-state index is 0.183. The van der Waals surface area contributed by atoms with Gasteiger partial charge < -0.3 is 15.5 Å². The topological polar surface area (TPSA) is 42.9 Å². The Morgan fingerprint density at radius 1 is 1.29 bits per heavy atom. The van der Waals surface area contributed by atoms with Gasteiger partial charge in [-0.2, -0.15) is 0 Å². The predicted molar refractivity (Wildman–Crippen MR) is 98.0 cm³/mol. The lowest BCUT2D eigenvalue weighted by atomic mass is 10.1. The first kappa shape index (κ1) is 18.7. The van der Waals surface area contributed by atoms with Crippen LogP contribution in [0.1, 0.15) is 12.5 Å². The monoisotopic (exact) mass is 335 g/mol. The fourth-order valence-electron chi connectivity index (χ4n) is 2.85. The molecule has 24 heavy (non-hydrogen) atoms. The molecule has 0 bridgehead atoms. The van der Waals surface area contributed by atoms with Crippen molar-refractivity contribution in [3.05, 3.63) is 35.6 Å². The molecule has 0 aliphatic carbocycles. The van der Waals surface area contributed by atoms with E-state index in [0.717, 1.165) is 57.2 Å². The van der Waals surface area contributed by atoms with Gasteiger partial charge in [-0.25, -0.2) is 4.39 Å². The molecule has 0 spiro atoms. The van der Waals surface area contributed by atoms with Crippen LogP contribution in [0.4, 0.5) is 4.39 Å². The largest absolute Gasteiger partial charge is 0.357 e. The van der Waals surface area contributed by atoms with Crippen molar-refractivity contribution in [3.63, 3.8) is 0 Å². The molecule has 134 valence electrons. The number of hydrogen-bond donors (Lipinski definition) is 2. The third-order valence-corrected chi connectivity index (χ3v) is 4.38. The van der Waals surface area contributed by atoms with Crippen LogP contribution in [0.2, 0.25) is 0 Å². The normalized spacial score (nSPS) is 20.2. The van der Waals surface area contributed by atoms with Gasteiger partial charge in [0, 0.05) is 38.8 Å². The second-order valence-corrected chi connectivity index (χ2v) is 6.42. The molecule has 1 aromatic rings. The number of benzene rings is 1. The zero-order chi connectivity index (χ0) is 17.4. The van der Waals surface area contributed by atoms with Crippen molar-refractivity contribution in [1.29, 1.82) is 0 Å². The molecule has 0 amide bonds. The maximum absolute atomic E-state index is 13.2. The van der Waals surface area contributed by atoms with Crippen molar-refractivity contribution >= 4 is 5.96 Å². The average molecular weight is 335 g/mol. The standard InChI is InChI=1S/C18H30FN5/c1-4-20-18(21-9-8-15-6-5-7-16(19)12-15)22-13-17-14-23(2)10-11-24(17)3/h5-7,12,17H,4,8-11,13-14H2,1-3H3,(H2,20,21,22). The lowest BCUT2D eigenvalue weighted by Gasteiger charge is -2.36. The van der Waals surface area contributed by atoms with Crippen LogP contribution in [0.25, 0.3) is 0 Å². The number of aliphatic imine (C=N–C) groups is 1. The van der Waals surface area contributed by atoms with E-state index in [1.54, 1.807) is 12.1 Å². The number of guanidine groups is 1. The van der Waals surface area contributed by atoms with Gasteiger partial charge in [-0.05, 0) is 45.1 Å².